The third-order valence-electron chi connectivity index (χ3n) is 4.95. The van der Waals surface area contributed by atoms with Crippen molar-refractivity contribution in [2.24, 2.45) is 0 Å². The van der Waals surface area contributed by atoms with Gasteiger partial charge in [-0.05, 0) is 37.1 Å². The van der Waals surface area contributed by atoms with Gasteiger partial charge in [0.15, 0.2) is 0 Å². The summed E-state index contributed by atoms with van der Waals surface area (Å²) < 4.78 is 1.60. The van der Waals surface area contributed by atoms with Crippen molar-refractivity contribution in [3.8, 4) is 11.3 Å². The Kier molecular flexibility index (Phi) is 7.19. The van der Waals surface area contributed by atoms with Crippen molar-refractivity contribution in [3.63, 3.8) is 0 Å². The summed E-state index contributed by atoms with van der Waals surface area (Å²) in [5.41, 5.74) is 3.87. The van der Waals surface area contributed by atoms with Gasteiger partial charge >= 0.3 is 0 Å². The van der Waals surface area contributed by atoms with Crippen molar-refractivity contribution >= 4 is 40.4 Å². The standard InChI is InChI=1S/C23H21Cl2N5OS/c1-15-21(22(25)30(29-15)13-17-5-2-3-6-18(17)24)23(31)27-10-4-7-20-28-19(14-32-20)16-8-11-26-12-9-16/h2-3,5-6,8-9,11-12,14H,4,7,10,13H2,1H3,(H,27,31). The van der Waals surface area contributed by atoms with E-state index in [2.05, 4.69) is 20.4 Å². The van der Waals surface area contributed by atoms with Crippen LogP contribution in [0.1, 0.15) is 33.0 Å². The Morgan fingerprint density at radius 3 is 2.72 bits per heavy atom. The number of halogens is 2. The van der Waals surface area contributed by atoms with E-state index in [1.54, 1.807) is 35.3 Å². The first kappa shape index (κ1) is 22.5. The molecule has 3 heterocycles. The molecule has 0 radical (unpaired) electrons. The number of amides is 1. The molecule has 4 rings (SSSR count). The van der Waals surface area contributed by atoms with E-state index in [1.165, 1.54) is 0 Å². The second-order valence-corrected chi connectivity index (χ2v) is 8.93. The van der Waals surface area contributed by atoms with Crippen LogP contribution < -0.4 is 5.32 Å². The highest BCUT2D eigenvalue weighted by Gasteiger charge is 2.20. The summed E-state index contributed by atoms with van der Waals surface area (Å²) in [4.78, 5) is 21.4. The number of benzene rings is 1. The maximum absolute atomic E-state index is 12.7. The molecule has 0 aliphatic carbocycles. The van der Waals surface area contributed by atoms with Crippen LogP contribution in [0.5, 0.6) is 0 Å². The van der Waals surface area contributed by atoms with Gasteiger partial charge in [-0.2, -0.15) is 5.10 Å². The molecule has 6 nitrogen and oxygen atoms in total. The molecule has 0 bridgehead atoms. The highest BCUT2D eigenvalue weighted by atomic mass is 35.5. The molecule has 3 aromatic heterocycles. The Balaban J connectivity index is 1.32. The number of hydrogen-bond acceptors (Lipinski definition) is 5. The van der Waals surface area contributed by atoms with Crippen LogP contribution >= 0.6 is 34.5 Å². The summed E-state index contributed by atoms with van der Waals surface area (Å²) in [7, 11) is 0. The van der Waals surface area contributed by atoms with Crippen molar-refractivity contribution in [2.45, 2.75) is 26.3 Å². The highest BCUT2D eigenvalue weighted by Crippen LogP contribution is 2.24. The maximum Gasteiger partial charge on any atom is 0.256 e. The second kappa shape index (κ2) is 10.3. The van der Waals surface area contributed by atoms with Gasteiger partial charge in [0.05, 0.1) is 28.5 Å². The van der Waals surface area contributed by atoms with E-state index in [0.29, 0.717) is 34.5 Å². The van der Waals surface area contributed by atoms with E-state index in [0.717, 1.165) is 34.7 Å². The molecule has 164 valence electrons. The van der Waals surface area contributed by atoms with Crippen LogP contribution in [-0.2, 0) is 13.0 Å². The molecule has 1 amide bonds. The minimum atomic E-state index is -0.227. The first-order chi connectivity index (χ1) is 15.5. The molecule has 9 heteroatoms. The van der Waals surface area contributed by atoms with Gasteiger partial charge in [-0.3, -0.25) is 9.78 Å². The summed E-state index contributed by atoms with van der Waals surface area (Å²) in [5.74, 6) is -0.227. The maximum atomic E-state index is 12.7. The number of thiazole rings is 1. The van der Waals surface area contributed by atoms with Gasteiger partial charge in [-0.15, -0.1) is 11.3 Å². The summed E-state index contributed by atoms with van der Waals surface area (Å²) >= 11 is 14.3. The van der Waals surface area contributed by atoms with Gasteiger partial charge in [-0.1, -0.05) is 41.4 Å². The summed E-state index contributed by atoms with van der Waals surface area (Å²) in [6.45, 7) is 2.70. The molecule has 32 heavy (non-hydrogen) atoms. The zero-order valence-electron chi connectivity index (χ0n) is 17.4. The van der Waals surface area contributed by atoms with Crippen molar-refractivity contribution in [3.05, 3.63) is 86.2 Å². The van der Waals surface area contributed by atoms with Crippen LogP contribution in [-0.4, -0.2) is 32.2 Å². The number of pyridine rings is 1. The lowest BCUT2D eigenvalue weighted by atomic mass is 10.2. The monoisotopic (exact) mass is 485 g/mol. The van der Waals surface area contributed by atoms with Crippen LogP contribution in [0, 0.1) is 6.92 Å². The van der Waals surface area contributed by atoms with E-state index in [1.807, 2.05) is 41.8 Å². The summed E-state index contributed by atoms with van der Waals surface area (Å²) in [5, 5.41) is 11.4. The molecule has 0 saturated carbocycles. The van der Waals surface area contributed by atoms with E-state index in [4.69, 9.17) is 23.2 Å². The molecule has 1 aromatic carbocycles. The molecule has 1 N–H and O–H groups in total. The van der Waals surface area contributed by atoms with E-state index < -0.39 is 0 Å². The Bertz CT molecular complexity index is 1220. The zero-order chi connectivity index (χ0) is 22.5. The lowest BCUT2D eigenvalue weighted by Gasteiger charge is -2.07. The minimum Gasteiger partial charge on any atom is -0.352 e. The Morgan fingerprint density at radius 2 is 1.94 bits per heavy atom. The van der Waals surface area contributed by atoms with Crippen LogP contribution in [0.4, 0.5) is 0 Å². The average molecular weight is 486 g/mol. The lowest BCUT2D eigenvalue weighted by Crippen LogP contribution is -2.25. The third-order valence-corrected chi connectivity index (χ3v) is 6.61. The number of rotatable bonds is 8. The predicted molar refractivity (Wildman–Crippen MR) is 129 cm³/mol. The van der Waals surface area contributed by atoms with Crippen molar-refractivity contribution in [2.75, 3.05) is 6.54 Å². The first-order valence-corrected chi connectivity index (χ1v) is 11.8. The number of nitrogens with zero attached hydrogens (tertiary/aromatic N) is 4. The quantitative estimate of drug-likeness (QED) is 0.337. The zero-order valence-corrected chi connectivity index (χ0v) is 19.7. The normalized spacial score (nSPS) is 11.0. The third kappa shape index (κ3) is 5.18. The predicted octanol–water partition coefficient (Wildman–Crippen LogP) is 5.43. The van der Waals surface area contributed by atoms with E-state index in [9.17, 15) is 4.79 Å². The van der Waals surface area contributed by atoms with Gasteiger partial charge in [0, 0.05) is 41.3 Å². The van der Waals surface area contributed by atoms with Crippen LogP contribution in [0.2, 0.25) is 10.2 Å². The van der Waals surface area contributed by atoms with Gasteiger partial charge in [0.25, 0.3) is 5.91 Å². The highest BCUT2D eigenvalue weighted by molar-refractivity contribution is 7.09. The molecular weight excluding hydrogens is 465 g/mol. The molecule has 0 spiro atoms. The SMILES string of the molecule is Cc1nn(Cc2ccccc2Cl)c(Cl)c1C(=O)NCCCc1nc(-c2ccncc2)cs1. The van der Waals surface area contributed by atoms with Crippen molar-refractivity contribution < 1.29 is 4.79 Å². The van der Waals surface area contributed by atoms with Crippen LogP contribution in [0.3, 0.4) is 0 Å². The van der Waals surface area contributed by atoms with Gasteiger partial charge in [0.2, 0.25) is 0 Å². The van der Waals surface area contributed by atoms with Crippen LogP contribution in [0.25, 0.3) is 11.3 Å². The van der Waals surface area contributed by atoms with Crippen LogP contribution in [0.15, 0.2) is 54.2 Å². The topological polar surface area (TPSA) is 72.7 Å². The molecule has 0 aliphatic rings. The fraction of sp³-hybridized carbons (Fsp3) is 0.217. The molecule has 0 saturated heterocycles. The largest absolute Gasteiger partial charge is 0.352 e. The first-order valence-electron chi connectivity index (χ1n) is 10.1. The fourth-order valence-corrected chi connectivity index (χ4v) is 4.68. The fourth-order valence-electron chi connectivity index (χ4n) is 3.31. The molecule has 0 atom stereocenters. The van der Waals surface area contributed by atoms with Crippen molar-refractivity contribution in [1.82, 2.24) is 25.1 Å². The second-order valence-electron chi connectivity index (χ2n) is 7.22. The number of carbonyl (C=O) groups excluding carboxylic acids is 1. The Morgan fingerprint density at radius 1 is 1.16 bits per heavy atom. The van der Waals surface area contributed by atoms with Gasteiger partial charge in [0.1, 0.15) is 5.15 Å². The number of carbonyl (C=O) groups is 1. The number of aryl methyl sites for hydroxylation is 2. The van der Waals surface area contributed by atoms with E-state index in [-0.39, 0.29) is 5.91 Å². The molecular formula is C23H21Cl2N5OS. The number of aromatic nitrogens is 4. The van der Waals surface area contributed by atoms with E-state index >= 15 is 0 Å². The summed E-state index contributed by atoms with van der Waals surface area (Å²) in [6, 6.07) is 11.4. The molecule has 0 unspecified atom stereocenters. The number of hydrogen-bond donors (Lipinski definition) is 1. The molecule has 0 fully saturated rings. The Hall–Kier alpha value is -2.74. The average Bonchev–Trinajstić information content (AvgIpc) is 3.38. The van der Waals surface area contributed by atoms with Gasteiger partial charge in [-0.25, -0.2) is 9.67 Å². The smallest absolute Gasteiger partial charge is 0.256 e. The molecule has 0 aliphatic heterocycles. The number of nitrogens with one attached hydrogen (secondary N) is 1. The van der Waals surface area contributed by atoms with Crippen molar-refractivity contribution in [1.29, 1.82) is 0 Å². The Labute approximate surface area is 200 Å². The lowest BCUT2D eigenvalue weighted by molar-refractivity contribution is 0.0952. The minimum absolute atomic E-state index is 0.227. The summed E-state index contributed by atoms with van der Waals surface area (Å²) in [6.07, 6.45) is 5.08. The van der Waals surface area contributed by atoms with Gasteiger partial charge < -0.3 is 5.32 Å². The molecule has 4 aromatic rings.